The predicted molar refractivity (Wildman–Crippen MR) is 76.3 cm³/mol. The summed E-state index contributed by atoms with van der Waals surface area (Å²) in [6.45, 7) is 0.437. The Morgan fingerprint density at radius 2 is 1.95 bits per heavy atom. The van der Waals surface area contributed by atoms with Crippen molar-refractivity contribution in [2.45, 2.75) is 6.54 Å². The molecule has 0 saturated carbocycles. The molecule has 0 fully saturated rings. The van der Waals surface area contributed by atoms with Gasteiger partial charge in [0.1, 0.15) is 17.0 Å². The summed E-state index contributed by atoms with van der Waals surface area (Å²) in [5, 5.41) is 9.29. The average Bonchev–Trinajstić information content (AvgIpc) is 2.77. The highest BCUT2D eigenvalue weighted by molar-refractivity contribution is 5.81. The maximum Gasteiger partial charge on any atom is 0.326 e. The molecule has 1 heterocycles. The summed E-state index contributed by atoms with van der Waals surface area (Å²) in [4.78, 5) is 14.9. The Labute approximate surface area is 115 Å². The van der Waals surface area contributed by atoms with Gasteiger partial charge in [0.2, 0.25) is 0 Å². The largest absolute Gasteiger partial charge is 0.508 e. The lowest BCUT2D eigenvalue weighted by atomic mass is 10.2. The van der Waals surface area contributed by atoms with Gasteiger partial charge in [-0.15, -0.1) is 0 Å². The van der Waals surface area contributed by atoms with Crippen LogP contribution in [0.15, 0.2) is 47.3 Å². The summed E-state index contributed by atoms with van der Waals surface area (Å²) in [5.74, 6) is 0.853. The molecule has 0 radical (unpaired) electrons. The van der Waals surface area contributed by atoms with Crippen LogP contribution < -0.4 is 10.4 Å². The first kappa shape index (κ1) is 12.3. The monoisotopic (exact) mass is 270 g/mol. The number of phenolic OH excluding ortho intramolecular Hbond substituents is 1. The third kappa shape index (κ3) is 2.03. The van der Waals surface area contributed by atoms with E-state index in [1.54, 1.807) is 35.9 Å². The quantitative estimate of drug-likeness (QED) is 0.765. The number of hydrogen-bond donors (Lipinski definition) is 2. The Balaban J connectivity index is 2.10. The van der Waals surface area contributed by atoms with Gasteiger partial charge in [0.05, 0.1) is 19.2 Å². The number of imidazole rings is 1. The summed E-state index contributed by atoms with van der Waals surface area (Å²) >= 11 is 0. The maximum atomic E-state index is 12.1. The van der Waals surface area contributed by atoms with E-state index in [9.17, 15) is 9.90 Å². The number of H-pyrrole nitrogens is 1. The number of ether oxygens (including phenoxy) is 1. The van der Waals surface area contributed by atoms with Crippen LogP contribution in [0, 0.1) is 0 Å². The third-order valence-electron chi connectivity index (χ3n) is 3.27. The molecule has 0 aliphatic heterocycles. The van der Waals surface area contributed by atoms with E-state index in [0.29, 0.717) is 17.8 Å². The summed E-state index contributed by atoms with van der Waals surface area (Å²) < 4.78 is 6.89. The molecule has 5 nitrogen and oxygen atoms in total. The number of rotatable bonds is 3. The molecule has 3 aromatic rings. The molecule has 20 heavy (non-hydrogen) atoms. The number of benzene rings is 2. The molecule has 0 aliphatic carbocycles. The number of fused-ring (bicyclic) bond motifs is 1. The number of methoxy groups -OCH3 is 1. The lowest BCUT2D eigenvalue weighted by molar-refractivity contribution is 0.419. The van der Waals surface area contributed by atoms with Gasteiger partial charge in [-0.05, 0) is 29.8 Å². The van der Waals surface area contributed by atoms with Crippen LogP contribution in [0.2, 0.25) is 0 Å². The average molecular weight is 270 g/mol. The van der Waals surface area contributed by atoms with Crippen molar-refractivity contribution in [2.24, 2.45) is 0 Å². The topological polar surface area (TPSA) is 67.2 Å². The molecule has 0 amide bonds. The minimum absolute atomic E-state index is 0.183. The summed E-state index contributed by atoms with van der Waals surface area (Å²) in [7, 11) is 1.57. The standard InChI is InChI=1S/C15H14N2O3/c1-20-13-4-2-3-12-14(13)16-15(19)17(12)9-10-5-7-11(18)8-6-10/h2-8,18H,9H2,1H3,(H,16,19). The molecule has 102 valence electrons. The van der Waals surface area contributed by atoms with Crippen molar-refractivity contribution in [2.75, 3.05) is 7.11 Å². The Kier molecular flexibility index (Phi) is 2.95. The molecule has 0 unspecified atom stereocenters. The first-order valence-corrected chi connectivity index (χ1v) is 6.22. The van der Waals surface area contributed by atoms with Crippen molar-refractivity contribution in [3.05, 3.63) is 58.5 Å². The molecule has 0 bridgehead atoms. The van der Waals surface area contributed by atoms with E-state index in [1.807, 2.05) is 18.2 Å². The lowest BCUT2D eigenvalue weighted by Crippen LogP contribution is -2.17. The number of phenols is 1. The second-order valence-corrected chi connectivity index (χ2v) is 4.54. The maximum absolute atomic E-state index is 12.1. The number of hydrogen-bond acceptors (Lipinski definition) is 3. The summed E-state index contributed by atoms with van der Waals surface area (Å²) in [6.07, 6.45) is 0. The first-order chi connectivity index (χ1) is 9.69. The van der Waals surface area contributed by atoms with Gasteiger partial charge in [0.15, 0.2) is 0 Å². The van der Waals surface area contributed by atoms with Crippen molar-refractivity contribution in [3.8, 4) is 11.5 Å². The Hall–Kier alpha value is -2.69. The highest BCUT2D eigenvalue weighted by Gasteiger charge is 2.10. The van der Waals surface area contributed by atoms with Gasteiger partial charge in [-0.2, -0.15) is 0 Å². The number of nitrogens with one attached hydrogen (secondary N) is 1. The number of para-hydroxylation sites is 1. The molecule has 5 heteroatoms. The van der Waals surface area contributed by atoms with Crippen LogP contribution in [-0.2, 0) is 6.54 Å². The van der Waals surface area contributed by atoms with Crippen molar-refractivity contribution in [1.29, 1.82) is 0 Å². The zero-order valence-electron chi connectivity index (χ0n) is 11.0. The fourth-order valence-electron chi connectivity index (χ4n) is 2.26. The van der Waals surface area contributed by atoms with Crippen molar-refractivity contribution in [1.82, 2.24) is 9.55 Å². The van der Waals surface area contributed by atoms with E-state index in [2.05, 4.69) is 4.98 Å². The Bertz CT molecular complexity index is 800. The van der Waals surface area contributed by atoms with Crippen LogP contribution in [0.4, 0.5) is 0 Å². The fraction of sp³-hybridized carbons (Fsp3) is 0.133. The van der Waals surface area contributed by atoms with Gasteiger partial charge in [-0.25, -0.2) is 4.79 Å². The second kappa shape index (κ2) is 4.77. The van der Waals surface area contributed by atoms with E-state index >= 15 is 0 Å². The van der Waals surface area contributed by atoms with E-state index in [-0.39, 0.29) is 11.4 Å². The molecule has 0 saturated heterocycles. The SMILES string of the molecule is COc1cccc2c1[nH]c(=O)n2Cc1ccc(O)cc1. The number of aromatic amines is 1. The molecule has 0 spiro atoms. The molecule has 0 aliphatic rings. The first-order valence-electron chi connectivity index (χ1n) is 6.22. The highest BCUT2D eigenvalue weighted by atomic mass is 16.5. The van der Waals surface area contributed by atoms with Gasteiger partial charge < -0.3 is 14.8 Å². The van der Waals surface area contributed by atoms with Crippen LogP contribution in [-0.4, -0.2) is 21.8 Å². The second-order valence-electron chi connectivity index (χ2n) is 4.54. The zero-order chi connectivity index (χ0) is 14.1. The minimum Gasteiger partial charge on any atom is -0.508 e. The molecule has 2 aromatic carbocycles. The van der Waals surface area contributed by atoms with Crippen LogP contribution in [0.25, 0.3) is 11.0 Å². The van der Waals surface area contributed by atoms with Crippen LogP contribution in [0.3, 0.4) is 0 Å². The predicted octanol–water partition coefficient (Wildman–Crippen LogP) is 2.09. The summed E-state index contributed by atoms with van der Waals surface area (Å²) in [6, 6.07) is 12.3. The van der Waals surface area contributed by atoms with Crippen LogP contribution in [0.5, 0.6) is 11.5 Å². The lowest BCUT2D eigenvalue weighted by Gasteiger charge is -2.05. The van der Waals surface area contributed by atoms with Crippen molar-refractivity contribution in [3.63, 3.8) is 0 Å². The van der Waals surface area contributed by atoms with Crippen molar-refractivity contribution < 1.29 is 9.84 Å². The number of aromatic nitrogens is 2. The molecular formula is C15H14N2O3. The molecule has 1 aromatic heterocycles. The smallest absolute Gasteiger partial charge is 0.326 e. The van der Waals surface area contributed by atoms with Crippen LogP contribution in [0.1, 0.15) is 5.56 Å². The third-order valence-corrected chi connectivity index (χ3v) is 3.27. The Morgan fingerprint density at radius 1 is 1.20 bits per heavy atom. The minimum atomic E-state index is -0.183. The molecule has 3 rings (SSSR count). The van der Waals surface area contributed by atoms with E-state index in [0.717, 1.165) is 11.1 Å². The number of aromatic hydroxyl groups is 1. The van der Waals surface area contributed by atoms with Crippen LogP contribution >= 0.6 is 0 Å². The molecular weight excluding hydrogens is 256 g/mol. The van der Waals surface area contributed by atoms with Gasteiger partial charge >= 0.3 is 5.69 Å². The van der Waals surface area contributed by atoms with E-state index in [4.69, 9.17) is 4.74 Å². The van der Waals surface area contributed by atoms with E-state index in [1.165, 1.54) is 0 Å². The fourth-order valence-corrected chi connectivity index (χ4v) is 2.26. The zero-order valence-corrected chi connectivity index (χ0v) is 11.0. The summed E-state index contributed by atoms with van der Waals surface area (Å²) in [5.41, 5.74) is 2.24. The Morgan fingerprint density at radius 3 is 2.65 bits per heavy atom. The van der Waals surface area contributed by atoms with Crippen molar-refractivity contribution >= 4 is 11.0 Å². The molecule has 2 N–H and O–H groups in total. The normalized spacial score (nSPS) is 10.8. The van der Waals surface area contributed by atoms with Gasteiger partial charge in [0.25, 0.3) is 0 Å². The van der Waals surface area contributed by atoms with Gasteiger partial charge in [0, 0.05) is 0 Å². The highest BCUT2D eigenvalue weighted by Crippen LogP contribution is 2.22. The van der Waals surface area contributed by atoms with E-state index < -0.39 is 0 Å². The van der Waals surface area contributed by atoms with Gasteiger partial charge in [-0.1, -0.05) is 18.2 Å². The number of nitrogens with zero attached hydrogens (tertiary/aromatic N) is 1. The van der Waals surface area contributed by atoms with Gasteiger partial charge in [-0.3, -0.25) is 4.57 Å². The molecule has 0 atom stereocenters.